The standard InChI is InChI=1S/C23H18N6O3/c1-16-5-2-3-7-21(16)28(23(30)26-18-8-10-19(11-9-18)29(31)32)22-25-14-12-20(27-22)17-6-4-13-24-15-17/h2-15H,1H3,(H,26,30). The van der Waals surface area contributed by atoms with Crippen molar-refractivity contribution in [2.75, 3.05) is 10.2 Å². The van der Waals surface area contributed by atoms with E-state index in [0.29, 0.717) is 17.1 Å². The highest BCUT2D eigenvalue weighted by Crippen LogP contribution is 2.28. The quantitative estimate of drug-likeness (QED) is 0.350. The van der Waals surface area contributed by atoms with Gasteiger partial charge in [0.05, 0.1) is 16.3 Å². The predicted molar refractivity (Wildman–Crippen MR) is 121 cm³/mol. The molecule has 9 heteroatoms. The second-order valence-electron chi connectivity index (χ2n) is 6.84. The zero-order chi connectivity index (χ0) is 22.5. The van der Waals surface area contributed by atoms with E-state index < -0.39 is 11.0 Å². The maximum absolute atomic E-state index is 13.3. The Morgan fingerprint density at radius 3 is 2.47 bits per heavy atom. The number of non-ortho nitro benzene ring substituents is 1. The lowest BCUT2D eigenvalue weighted by molar-refractivity contribution is -0.384. The molecule has 4 rings (SSSR count). The van der Waals surface area contributed by atoms with Gasteiger partial charge in [-0.15, -0.1) is 0 Å². The van der Waals surface area contributed by atoms with Crippen LogP contribution in [-0.2, 0) is 0 Å². The van der Waals surface area contributed by atoms with Crippen LogP contribution in [0.1, 0.15) is 5.56 Å². The van der Waals surface area contributed by atoms with E-state index in [4.69, 9.17) is 0 Å². The summed E-state index contributed by atoms with van der Waals surface area (Å²) >= 11 is 0. The number of aryl methyl sites for hydroxylation is 1. The van der Waals surface area contributed by atoms with E-state index in [1.165, 1.54) is 29.2 Å². The van der Waals surface area contributed by atoms with Gasteiger partial charge in [-0.2, -0.15) is 0 Å². The van der Waals surface area contributed by atoms with Crippen molar-refractivity contribution < 1.29 is 9.72 Å². The zero-order valence-electron chi connectivity index (χ0n) is 17.0. The van der Waals surface area contributed by atoms with Crippen molar-refractivity contribution >= 4 is 29.0 Å². The van der Waals surface area contributed by atoms with Gasteiger partial charge in [0, 0.05) is 42.0 Å². The highest BCUT2D eigenvalue weighted by molar-refractivity contribution is 6.06. The van der Waals surface area contributed by atoms with Gasteiger partial charge in [-0.1, -0.05) is 18.2 Å². The van der Waals surface area contributed by atoms with Crippen LogP contribution in [0.25, 0.3) is 11.3 Å². The number of urea groups is 1. The fourth-order valence-electron chi connectivity index (χ4n) is 3.10. The first kappa shape index (κ1) is 20.6. The van der Waals surface area contributed by atoms with Gasteiger partial charge in [0.1, 0.15) is 0 Å². The molecule has 0 aliphatic rings. The number of nitro benzene ring substituents is 1. The number of nitrogens with one attached hydrogen (secondary N) is 1. The lowest BCUT2D eigenvalue weighted by Gasteiger charge is -2.23. The number of hydrogen-bond acceptors (Lipinski definition) is 6. The topological polar surface area (TPSA) is 114 Å². The molecule has 0 aliphatic heterocycles. The highest BCUT2D eigenvalue weighted by Gasteiger charge is 2.23. The first-order valence-electron chi connectivity index (χ1n) is 9.67. The Hall–Kier alpha value is -4.66. The van der Waals surface area contributed by atoms with Crippen molar-refractivity contribution in [1.82, 2.24) is 15.0 Å². The van der Waals surface area contributed by atoms with Gasteiger partial charge in [0.2, 0.25) is 5.95 Å². The van der Waals surface area contributed by atoms with Crippen LogP contribution < -0.4 is 10.2 Å². The first-order chi connectivity index (χ1) is 15.5. The number of pyridine rings is 1. The summed E-state index contributed by atoms with van der Waals surface area (Å²) in [6, 6.07) is 17.9. The Kier molecular flexibility index (Phi) is 5.80. The number of hydrogen-bond donors (Lipinski definition) is 1. The summed E-state index contributed by atoms with van der Waals surface area (Å²) in [7, 11) is 0. The summed E-state index contributed by atoms with van der Waals surface area (Å²) in [6.07, 6.45) is 4.93. The summed E-state index contributed by atoms with van der Waals surface area (Å²) in [5.74, 6) is 0.181. The normalized spacial score (nSPS) is 10.4. The second-order valence-corrected chi connectivity index (χ2v) is 6.84. The molecule has 0 saturated carbocycles. The van der Waals surface area contributed by atoms with Crippen molar-refractivity contribution in [3.8, 4) is 11.3 Å². The van der Waals surface area contributed by atoms with Crippen molar-refractivity contribution in [3.05, 3.63) is 101 Å². The molecule has 2 heterocycles. The van der Waals surface area contributed by atoms with E-state index >= 15 is 0 Å². The van der Waals surface area contributed by atoms with Crippen LogP contribution in [0.5, 0.6) is 0 Å². The maximum Gasteiger partial charge on any atom is 0.333 e. The number of amides is 2. The molecule has 2 aromatic carbocycles. The summed E-state index contributed by atoms with van der Waals surface area (Å²) < 4.78 is 0. The molecule has 32 heavy (non-hydrogen) atoms. The molecular formula is C23H18N6O3. The van der Waals surface area contributed by atoms with E-state index in [2.05, 4.69) is 20.3 Å². The molecule has 0 saturated heterocycles. The first-order valence-corrected chi connectivity index (χ1v) is 9.67. The Morgan fingerprint density at radius 1 is 1.00 bits per heavy atom. The van der Waals surface area contributed by atoms with Crippen molar-refractivity contribution in [1.29, 1.82) is 0 Å². The smallest absolute Gasteiger partial charge is 0.307 e. The van der Waals surface area contributed by atoms with Crippen LogP contribution >= 0.6 is 0 Å². The van der Waals surface area contributed by atoms with Gasteiger partial charge in [-0.05, 0) is 48.9 Å². The van der Waals surface area contributed by atoms with Crippen molar-refractivity contribution in [2.24, 2.45) is 0 Å². The molecule has 0 fully saturated rings. The second kappa shape index (κ2) is 9.00. The fourth-order valence-corrected chi connectivity index (χ4v) is 3.10. The number of anilines is 3. The summed E-state index contributed by atoms with van der Waals surface area (Å²) in [6.45, 7) is 1.88. The zero-order valence-corrected chi connectivity index (χ0v) is 17.0. The minimum atomic E-state index is -0.503. The number of rotatable bonds is 5. The SMILES string of the molecule is Cc1ccccc1N(C(=O)Nc1ccc([N+](=O)[O-])cc1)c1nccc(-c2cccnc2)n1. The lowest BCUT2D eigenvalue weighted by atomic mass is 10.2. The monoisotopic (exact) mass is 426 g/mol. The Morgan fingerprint density at radius 2 is 1.78 bits per heavy atom. The van der Waals surface area contributed by atoms with Crippen LogP contribution in [0.15, 0.2) is 85.3 Å². The number of carbonyl (C=O) groups excluding carboxylic acids is 1. The Labute approximate surface area is 183 Å². The van der Waals surface area contributed by atoms with E-state index in [1.807, 2.05) is 31.2 Å². The largest absolute Gasteiger partial charge is 0.333 e. The molecule has 2 aromatic heterocycles. The third kappa shape index (κ3) is 4.41. The Bertz CT molecular complexity index is 1260. The summed E-state index contributed by atoms with van der Waals surface area (Å²) in [5, 5.41) is 13.7. The van der Waals surface area contributed by atoms with Crippen LogP contribution in [0.3, 0.4) is 0 Å². The third-order valence-electron chi connectivity index (χ3n) is 4.69. The average molecular weight is 426 g/mol. The van der Waals surface area contributed by atoms with E-state index in [0.717, 1.165) is 11.1 Å². The number of nitrogens with zero attached hydrogens (tertiary/aromatic N) is 5. The van der Waals surface area contributed by atoms with Gasteiger partial charge in [-0.25, -0.2) is 19.7 Å². The molecule has 2 amide bonds. The lowest BCUT2D eigenvalue weighted by Crippen LogP contribution is -2.32. The van der Waals surface area contributed by atoms with Gasteiger partial charge in [0.15, 0.2) is 0 Å². The van der Waals surface area contributed by atoms with Crippen LogP contribution in [0.2, 0.25) is 0 Å². The third-order valence-corrected chi connectivity index (χ3v) is 4.69. The van der Waals surface area contributed by atoms with Crippen LogP contribution in [0.4, 0.5) is 27.8 Å². The average Bonchev–Trinajstić information content (AvgIpc) is 2.82. The van der Waals surface area contributed by atoms with Crippen LogP contribution in [-0.4, -0.2) is 25.9 Å². The molecule has 0 atom stereocenters. The molecule has 1 N–H and O–H groups in total. The van der Waals surface area contributed by atoms with E-state index in [-0.39, 0.29) is 11.6 Å². The van der Waals surface area contributed by atoms with E-state index in [9.17, 15) is 14.9 Å². The summed E-state index contributed by atoms with van der Waals surface area (Å²) in [4.78, 5) is 38.1. The summed E-state index contributed by atoms with van der Waals surface area (Å²) in [5.41, 5.74) is 3.20. The Balaban J connectivity index is 1.72. The number of para-hydroxylation sites is 1. The fraction of sp³-hybridized carbons (Fsp3) is 0.0435. The number of aromatic nitrogens is 3. The molecule has 0 bridgehead atoms. The molecule has 0 spiro atoms. The predicted octanol–water partition coefficient (Wildman–Crippen LogP) is 5.13. The maximum atomic E-state index is 13.3. The molecule has 0 aliphatic carbocycles. The van der Waals surface area contributed by atoms with Gasteiger partial charge >= 0.3 is 6.03 Å². The van der Waals surface area contributed by atoms with Crippen LogP contribution in [0, 0.1) is 17.0 Å². The molecule has 4 aromatic rings. The molecule has 158 valence electrons. The van der Waals surface area contributed by atoms with E-state index in [1.54, 1.807) is 36.8 Å². The minimum absolute atomic E-state index is 0.0636. The van der Waals surface area contributed by atoms with Gasteiger partial charge in [0.25, 0.3) is 5.69 Å². The van der Waals surface area contributed by atoms with Crippen molar-refractivity contribution in [3.63, 3.8) is 0 Å². The molecule has 0 radical (unpaired) electrons. The minimum Gasteiger partial charge on any atom is -0.307 e. The van der Waals surface area contributed by atoms with Gasteiger partial charge in [-0.3, -0.25) is 15.1 Å². The number of carbonyl (C=O) groups is 1. The molecule has 0 unspecified atom stereocenters. The highest BCUT2D eigenvalue weighted by atomic mass is 16.6. The number of nitro groups is 1. The van der Waals surface area contributed by atoms with Gasteiger partial charge < -0.3 is 5.32 Å². The molecule has 9 nitrogen and oxygen atoms in total. The van der Waals surface area contributed by atoms with Crippen molar-refractivity contribution in [2.45, 2.75) is 6.92 Å². The number of benzene rings is 2. The molecular weight excluding hydrogens is 408 g/mol.